The number of likely N-dealkylation sites (tertiary alicyclic amines) is 1. The smallest absolute Gasteiger partial charge is 0.171 e. The minimum atomic E-state index is 0.196. The third-order valence-corrected chi connectivity index (χ3v) is 5.20. The third-order valence-electron chi connectivity index (χ3n) is 4.04. The summed E-state index contributed by atoms with van der Waals surface area (Å²) in [7, 11) is 0. The van der Waals surface area contributed by atoms with E-state index in [9.17, 15) is 4.79 Å². The lowest BCUT2D eigenvalue weighted by molar-refractivity contribution is 0.102. The van der Waals surface area contributed by atoms with Gasteiger partial charge in [-0.1, -0.05) is 12.8 Å². The van der Waals surface area contributed by atoms with Crippen LogP contribution in [0.2, 0.25) is 0 Å². The Hall–Kier alpha value is -0.740. The Kier molecular flexibility index (Phi) is 3.99. The lowest BCUT2D eigenvalue weighted by atomic mass is 10.2. The maximum atomic E-state index is 11.7. The van der Waals surface area contributed by atoms with Gasteiger partial charge in [-0.3, -0.25) is 9.69 Å². The highest BCUT2D eigenvalue weighted by molar-refractivity contribution is 7.13. The standard InChI is InChI=1S/C15H22N2OS/c1-11(18)15-14(12-6-7-12)16-13(19-15)10-17-8-4-2-3-5-9-17/h12H,2-10H2,1H3. The third kappa shape index (κ3) is 3.23. The van der Waals surface area contributed by atoms with Crippen molar-refractivity contribution in [3.05, 3.63) is 15.6 Å². The van der Waals surface area contributed by atoms with E-state index in [1.54, 1.807) is 18.3 Å². The van der Waals surface area contributed by atoms with Crippen molar-refractivity contribution in [3.63, 3.8) is 0 Å². The Bertz CT molecular complexity index is 457. The van der Waals surface area contributed by atoms with Crippen LogP contribution in [0.3, 0.4) is 0 Å². The summed E-state index contributed by atoms with van der Waals surface area (Å²) in [6.45, 7) is 4.99. The van der Waals surface area contributed by atoms with Gasteiger partial charge in [0.1, 0.15) is 5.01 Å². The molecule has 1 saturated carbocycles. The fraction of sp³-hybridized carbons (Fsp3) is 0.733. The van der Waals surface area contributed by atoms with Crippen LogP contribution in [-0.4, -0.2) is 28.8 Å². The van der Waals surface area contributed by atoms with Crippen LogP contribution in [0, 0.1) is 0 Å². The number of carbonyl (C=O) groups is 1. The number of thiazole rings is 1. The molecule has 104 valence electrons. The molecular formula is C15H22N2OS. The molecule has 1 aromatic heterocycles. The van der Waals surface area contributed by atoms with Gasteiger partial charge in [0, 0.05) is 12.8 Å². The molecule has 4 heteroatoms. The van der Waals surface area contributed by atoms with Crippen molar-refractivity contribution in [2.75, 3.05) is 13.1 Å². The number of rotatable bonds is 4. The number of hydrogen-bond donors (Lipinski definition) is 0. The summed E-state index contributed by atoms with van der Waals surface area (Å²) in [5.41, 5.74) is 1.10. The Morgan fingerprint density at radius 3 is 2.53 bits per heavy atom. The Morgan fingerprint density at radius 2 is 1.95 bits per heavy atom. The normalized spacial score (nSPS) is 21.3. The number of hydrogen-bond acceptors (Lipinski definition) is 4. The first-order valence-electron chi connectivity index (χ1n) is 7.47. The van der Waals surface area contributed by atoms with Gasteiger partial charge in [0.2, 0.25) is 0 Å². The minimum absolute atomic E-state index is 0.196. The first kappa shape index (κ1) is 13.3. The van der Waals surface area contributed by atoms with Gasteiger partial charge in [0.15, 0.2) is 5.78 Å². The second-order valence-corrected chi connectivity index (χ2v) is 6.93. The monoisotopic (exact) mass is 278 g/mol. The maximum Gasteiger partial charge on any atom is 0.171 e. The molecular weight excluding hydrogens is 256 g/mol. The largest absolute Gasteiger partial charge is 0.297 e. The summed E-state index contributed by atoms with van der Waals surface area (Å²) in [6.07, 6.45) is 7.77. The van der Waals surface area contributed by atoms with E-state index in [2.05, 4.69) is 4.90 Å². The van der Waals surface area contributed by atoms with Crippen molar-refractivity contribution >= 4 is 17.1 Å². The molecule has 0 bridgehead atoms. The molecule has 0 aromatic carbocycles. The van der Waals surface area contributed by atoms with Crippen LogP contribution in [0.1, 0.15) is 71.7 Å². The molecule has 0 atom stereocenters. The van der Waals surface area contributed by atoms with Crippen molar-refractivity contribution in [2.45, 2.75) is 57.9 Å². The molecule has 0 N–H and O–H groups in total. The summed E-state index contributed by atoms with van der Waals surface area (Å²) in [6, 6.07) is 0. The Labute approximate surface area is 119 Å². The zero-order chi connectivity index (χ0) is 13.2. The zero-order valence-electron chi connectivity index (χ0n) is 11.7. The molecule has 19 heavy (non-hydrogen) atoms. The molecule has 0 spiro atoms. The summed E-state index contributed by atoms with van der Waals surface area (Å²) in [4.78, 5) is 19.9. The maximum absolute atomic E-state index is 11.7. The number of ketones is 1. The molecule has 0 amide bonds. The number of nitrogens with zero attached hydrogens (tertiary/aromatic N) is 2. The van der Waals surface area contributed by atoms with Crippen LogP contribution in [0.15, 0.2) is 0 Å². The second-order valence-electron chi connectivity index (χ2n) is 5.84. The molecule has 2 aliphatic rings. The van der Waals surface area contributed by atoms with Crippen molar-refractivity contribution < 1.29 is 4.79 Å². The fourth-order valence-corrected chi connectivity index (χ4v) is 3.90. The Balaban J connectivity index is 1.73. The lowest BCUT2D eigenvalue weighted by Crippen LogP contribution is -2.23. The van der Waals surface area contributed by atoms with Gasteiger partial charge in [0.05, 0.1) is 17.1 Å². The van der Waals surface area contributed by atoms with E-state index in [1.165, 1.54) is 51.6 Å². The number of Topliss-reactive ketones (excluding diaryl/α,β-unsaturated/α-hetero) is 1. The number of aromatic nitrogens is 1. The summed E-state index contributed by atoms with van der Waals surface area (Å²) in [5.74, 6) is 0.773. The van der Waals surface area contributed by atoms with E-state index in [4.69, 9.17) is 4.98 Å². The molecule has 1 aromatic rings. The van der Waals surface area contributed by atoms with E-state index in [0.29, 0.717) is 5.92 Å². The predicted octanol–water partition coefficient (Wildman–Crippen LogP) is 3.60. The van der Waals surface area contributed by atoms with E-state index < -0.39 is 0 Å². The average Bonchev–Trinajstić information content (AvgIpc) is 3.16. The zero-order valence-corrected chi connectivity index (χ0v) is 12.5. The fourth-order valence-electron chi connectivity index (χ4n) is 2.82. The van der Waals surface area contributed by atoms with Crippen LogP contribution in [0.5, 0.6) is 0 Å². The minimum Gasteiger partial charge on any atom is -0.297 e. The van der Waals surface area contributed by atoms with Gasteiger partial charge in [-0.05, 0) is 38.8 Å². The van der Waals surface area contributed by atoms with Crippen LogP contribution >= 0.6 is 11.3 Å². The molecule has 3 rings (SSSR count). The SMILES string of the molecule is CC(=O)c1sc(CN2CCCCCC2)nc1C1CC1. The summed E-state index contributed by atoms with van der Waals surface area (Å²) < 4.78 is 0. The highest BCUT2D eigenvalue weighted by atomic mass is 32.1. The molecule has 3 nitrogen and oxygen atoms in total. The van der Waals surface area contributed by atoms with E-state index >= 15 is 0 Å². The highest BCUT2D eigenvalue weighted by Gasteiger charge is 2.31. The number of carbonyl (C=O) groups excluding carboxylic acids is 1. The summed E-state index contributed by atoms with van der Waals surface area (Å²) >= 11 is 1.63. The first-order chi connectivity index (χ1) is 9.24. The van der Waals surface area contributed by atoms with E-state index in [1.807, 2.05) is 0 Å². The van der Waals surface area contributed by atoms with E-state index in [-0.39, 0.29) is 5.78 Å². The lowest BCUT2D eigenvalue weighted by Gasteiger charge is -2.17. The summed E-state index contributed by atoms with van der Waals surface area (Å²) in [5, 5.41) is 1.15. The average molecular weight is 278 g/mol. The van der Waals surface area contributed by atoms with Crippen molar-refractivity contribution in [3.8, 4) is 0 Å². The van der Waals surface area contributed by atoms with Crippen LogP contribution in [0.25, 0.3) is 0 Å². The van der Waals surface area contributed by atoms with Crippen molar-refractivity contribution in [1.29, 1.82) is 0 Å². The molecule has 2 fully saturated rings. The van der Waals surface area contributed by atoms with Gasteiger partial charge < -0.3 is 0 Å². The molecule has 2 heterocycles. The molecule has 0 unspecified atom stereocenters. The van der Waals surface area contributed by atoms with Crippen LogP contribution in [-0.2, 0) is 6.54 Å². The highest BCUT2D eigenvalue weighted by Crippen LogP contribution is 2.42. The van der Waals surface area contributed by atoms with Gasteiger partial charge in [0.25, 0.3) is 0 Å². The van der Waals surface area contributed by atoms with Crippen molar-refractivity contribution in [2.24, 2.45) is 0 Å². The molecule has 0 radical (unpaired) electrons. The quantitative estimate of drug-likeness (QED) is 0.789. The topological polar surface area (TPSA) is 33.2 Å². The predicted molar refractivity (Wildman–Crippen MR) is 77.8 cm³/mol. The molecule has 1 aliphatic carbocycles. The van der Waals surface area contributed by atoms with Gasteiger partial charge in [-0.25, -0.2) is 4.98 Å². The second kappa shape index (κ2) is 5.71. The van der Waals surface area contributed by atoms with Crippen LogP contribution in [0.4, 0.5) is 0 Å². The molecule has 1 saturated heterocycles. The van der Waals surface area contributed by atoms with Gasteiger partial charge in [-0.2, -0.15) is 0 Å². The van der Waals surface area contributed by atoms with Crippen molar-refractivity contribution in [1.82, 2.24) is 9.88 Å². The Morgan fingerprint density at radius 1 is 1.26 bits per heavy atom. The van der Waals surface area contributed by atoms with Crippen LogP contribution < -0.4 is 0 Å². The van der Waals surface area contributed by atoms with Gasteiger partial charge >= 0.3 is 0 Å². The molecule has 1 aliphatic heterocycles. The first-order valence-corrected chi connectivity index (χ1v) is 8.28. The van der Waals surface area contributed by atoms with Gasteiger partial charge in [-0.15, -0.1) is 11.3 Å². The van der Waals surface area contributed by atoms with E-state index in [0.717, 1.165) is 22.1 Å².